The van der Waals surface area contributed by atoms with Crippen molar-refractivity contribution < 1.29 is 0 Å². The molecule has 0 saturated carbocycles. The maximum Gasteiger partial charge on any atom is 0.0377 e. The quantitative estimate of drug-likeness (QED) is 0.360. The van der Waals surface area contributed by atoms with E-state index in [0.29, 0.717) is 12.6 Å². The maximum absolute atomic E-state index is 5.19. The smallest absolute Gasteiger partial charge is 0.0377 e. The predicted molar refractivity (Wildman–Crippen MR) is 30.0 cm³/mol. The minimum absolute atomic E-state index is 0.642. The molecular weight excluding hydrogens is 88.1 g/mol. The highest BCUT2D eigenvalue weighted by atomic mass is 15.1. The van der Waals surface area contributed by atoms with Crippen LogP contribution in [0.2, 0.25) is 0 Å². The molecule has 0 aliphatic carbocycles. The number of nitrogens with one attached hydrogen (secondary N) is 1. The lowest BCUT2D eigenvalue weighted by molar-refractivity contribution is 1.17. The van der Waals surface area contributed by atoms with Gasteiger partial charge in [-0.25, -0.2) is 0 Å². The number of nitrogens with two attached hydrogens (primary N) is 1. The van der Waals surface area contributed by atoms with E-state index in [4.69, 9.17) is 5.73 Å². The van der Waals surface area contributed by atoms with Gasteiger partial charge >= 0.3 is 0 Å². The Labute approximate surface area is 43.4 Å². The summed E-state index contributed by atoms with van der Waals surface area (Å²) in [6, 6.07) is 0.642. The van der Waals surface area contributed by atoms with Crippen molar-refractivity contribution in [2.24, 2.45) is 5.73 Å². The molecule has 3 N–H and O–H groups in total. The zero-order valence-electron chi connectivity index (χ0n) is 4.22. The highest BCUT2D eigenvalue weighted by molar-refractivity contribution is 5.03. The summed E-state index contributed by atoms with van der Waals surface area (Å²) in [5, 5.41) is 3.13. The third-order valence-corrected chi connectivity index (χ3v) is 0.944. The second-order valence-corrected chi connectivity index (χ2v) is 1.68. The second-order valence-electron chi connectivity index (χ2n) is 1.68. The third kappa shape index (κ3) is 1.71. The molecule has 0 spiro atoms. The Bertz CT molecular complexity index is 74.1. The number of rotatable bonds is 2. The molecule has 0 aromatic carbocycles. The first kappa shape index (κ1) is 4.81. The molecule has 40 valence electrons. The lowest BCUT2D eigenvalue weighted by Crippen LogP contribution is -1.93. The topological polar surface area (TPSA) is 48.0 Å². The van der Waals surface area contributed by atoms with Crippen LogP contribution in [0.15, 0.2) is 12.2 Å². The first-order valence-electron chi connectivity index (χ1n) is 2.53. The van der Waals surface area contributed by atoms with Gasteiger partial charge in [0.15, 0.2) is 0 Å². The zero-order valence-corrected chi connectivity index (χ0v) is 4.22. The van der Waals surface area contributed by atoms with Crippen LogP contribution >= 0.6 is 0 Å². The summed E-state index contributed by atoms with van der Waals surface area (Å²) in [5.74, 6) is 0. The fourth-order valence-electron chi connectivity index (χ4n) is 0.447. The van der Waals surface area contributed by atoms with E-state index in [9.17, 15) is 0 Å². The first-order chi connectivity index (χ1) is 3.43. The Hall–Kier alpha value is -0.340. The average molecular weight is 98.1 g/mol. The molecule has 1 aliphatic heterocycles. The molecule has 1 aliphatic rings. The van der Waals surface area contributed by atoms with E-state index in [2.05, 4.69) is 11.4 Å². The van der Waals surface area contributed by atoms with Gasteiger partial charge in [-0.2, -0.15) is 0 Å². The lowest BCUT2D eigenvalue weighted by Gasteiger charge is -1.75. The Morgan fingerprint density at radius 2 is 2.57 bits per heavy atom. The van der Waals surface area contributed by atoms with Crippen molar-refractivity contribution in [1.29, 1.82) is 0 Å². The Morgan fingerprint density at radius 3 is 3.00 bits per heavy atom. The Morgan fingerprint density at radius 1 is 1.86 bits per heavy atom. The molecule has 0 amide bonds. The summed E-state index contributed by atoms with van der Waals surface area (Å²) in [6.45, 7) is 1.80. The minimum Gasteiger partial charge on any atom is -0.327 e. The van der Waals surface area contributed by atoms with Gasteiger partial charge in [-0.05, 0) is 0 Å². The summed E-state index contributed by atoms with van der Waals surface area (Å²) in [5.41, 5.74) is 5.19. The largest absolute Gasteiger partial charge is 0.327 e. The molecule has 1 saturated heterocycles. The molecule has 1 heterocycles. The Kier molecular flexibility index (Phi) is 1.44. The molecular formula is C5H10N2. The van der Waals surface area contributed by atoms with Crippen molar-refractivity contribution in [2.45, 2.75) is 6.04 Å². The summed E-state index contributed by atoms with van der Waals surface area (Å²) in [6.07, 6.45) is 4.07. The van der Waals surface area contributed by atoms with Crippen LogP contribution < -0.4 is 11.1 Å². The van der Waals surface area contributed by atoms with E-state index in [1.807, 2.05) is 6.08 Å². The fraction of sp³-hybridized carbons (Fsp3) is 0.600. The van der Waals surface area contributed by atoms with E-state index < -0.39 is 0 Å². The zero-order chi connectivity index (χ0) is 5.11. The van der Waals surface area contributed by atoms with Gasteiger partial charge in [0.25, 0.3) is 0 Å². The molecule has 1 fully saturated rings. The first-order valence-corrected chi connectivity index (χ1v) is 2.53. The summed E-state index contributed by atoms with van der Waals surface area (Å²) >= 11 is 0. The van der Waals surface area contributed by atoms with E-state index in [-0.39, 0.29) is 0 Å². The van der Waals surface area contributed by atoms with Crippen molar-refractivity contribution in [2.75, 3.05) is 13.1 Å². The van der Waals surface area contributed by atoms with Crippen LogP contribution in [0.5, 0.6) is 0 Å². The summed E-state index contributed by atoms with van der Waals surface area (Å²) in [7, 11) is 0. The van der Waals surface area contributed by atoms with E-state index in [1.165, 1.54) is 0 Å². The van der Waals surface area contributed by atoms with Gasteiger partial charge in [0.1, 0.15) is 0 Å². The summed E-state index contributed by atoms with van der Waals surface area (Å²) in [4.78, 5) is 0. The van der Waals surface area contributed by atoms with Gasteiger partial charge in [0.2, 0.25) is 0 Å². The van der Waals surface area contributed by atoms with Gasteiger partial charge < -0.3 is 11.1 Å². The summed E-state index contributed by atoms with van der Waals surface area (Å²) < 4.78 is 0. The van der Waals surface area contributed by atoms with Gasteiger partial charge in [-0.15, -0.1) is 0 Å². The molecule has 1 rings (SSSR count). The highest BCUT2D eigenvalue weighted by Crippen LogP contribution is 1.95. The van der Waals surface area contributed by atoms with Crippen LogP contribution in [0.25, 0.3) is 0 Å². The third-order valence-electron chi connectivity index (χ3n) is 0.944. The van der Waals surface area contributed by atoms with Crippen LogP contribution in [-0.2, 0) is 0 Å². The van der Waals surface area contributed by atoms with E-state index in [0.717, 1.165) is 6.54 Å². The molecule has 0 radical (unpaired) electrons. The van der Waals surface area contributed by atoms with Crippen molar-refractivity contribution in [3.63, 3.8) is 0 Å². The molecule has 0 unspecified atom stereocenters. The Balaban J connectivity index is 2.05. The lowest BCUT2D eigenvalue weighted by atomic mass is 10.4. The van der Waals surface area contributed by atoms with Crippen LogP contribution in [0.3, 0.4) is 0 Å². The van der Waals surface area contributed by atoms with Crippen LogP contribution in [-0.4, -0.2) is 19.1 Å². The van der Waals surface area contributed by atoms with Crippen molar-refractivity contribution >= 4 is 0 Å². The van der Waals surface area contributed by atoms with Crippen LogP contribution in [0, 0.1) is 0 Å². The second kappa shape index (κ2) is 2.09. The maximum atomic E-state index is 5.19. The van der Waals surface area contributed by atoms with Gasteiger partial charge in [0, 0.05) is 19.1 Å². The molecule has 2 heteroatoms. The average Bonchev–Trinajstić information content (AvgIpc) is 2.42. The molecule has 2 nitrogen and oxygen atoms in total. The predicted octanol–water partition coefficient (Wildman–Crippen LogP) is -0.527. The van der Waals surface area contributed by atoms with Gasteiger partial charge in [-0.1, -0.05) is 12.2 Å². The van der Waals surface area contributed by atoms with Crippen molar-refractivity contribution in [1.82, 2.24) is 5.32 Å². The van der Waals surface area contributed by atoms with E-state index >= 15 is 0 Å². The normalized spacial score (nSPS) is 29.0. The standard InChI is InChI=1S/C5H10N2/c6-3-1-2-5-4-7-5/h1-2,5,7H,3-4,6H2/b2-1-/t5-/m1/s1. The van der Waals surface area contributed by atoms with Gasteiger partial charge in [0.05, 0.1) is 0 Å². The van der Waals surface area contributed by atoms with Crippen molar-refractivity contribution in [3.8, 4) is 0 Å². The molecule has 0 bridgehead atoms. The molecule has 0 aromatic rings. The minimum atomic E-state index is 0.642. The fourth-order valence-corrected chi connectivity index (χ4v) is 0.447. The molecule has 7 heavy (non-hydrogen) atoms. The molecule has 0 aromatic heterocycles. The van der Waals surface area contributed by atoms with Crippen molar-refractivity contribution in [3.05, 3.63) is 12.2 Å². The molecule has 1 atom stereocenters. The van der Waals surface area contributed by atoms with Crippen LogP contribution in [0.4, 0.5) is 0 Å². The number of hydrogen-bond acceptors (Lipinski definition) is 2. The van der Waals surface area contributed by atoms with E-state index in [1.54, 1.807) is 0 Å². The monoisotopic (exact) mass is 98.1 g/mol. The van der Waals surface area contributed by atoms with Gasteiger partial charge in [-0.3, -0.25) is 0 Å². The number of hydrogen-bond donors (Lipinski definition) is 2. The highest BCUT2D eigenvalue weighted by Gasteiger charge is 2.14. The van der Waals surface area contributed by atoms with Crippen LogP contribution in [0.1, 0.15) is 0 Å². The SMILES string of the molecule is NC/C=C\[C@@H]1CN1.